The van der Waals surface area contributed by atoms with Gasteiger partial charge in [-0.25, -0.2) is 0 Å². The number of ether oxygens (including phenoxy) is 2. The summed E-state index contributed by atoms with van der Waals surface area (Å²) in [7, 11) is 0. The zero-order chi connectivity index (χ0) is 12.3. The average Bonchev–Trinajstić information content (AvgIpc) is 2.80. The van der Waals surface area contributed by atoms with E-state index in [4.69, 9.17) is 20.9 Å². The Balaban J connectivity index is 2.10. The minimum absolute atomic E-state index is 0.0790. The van der Waals surface area contributed by atoms with E-state index in [9.17, 15) is 4.79 Å². The second kappa shape index (κ2) is 5.05. The Morgan fingerprint density at radius 2 is 2.35 bits per heavy atom. The topological polar surface area (TPSA) is 87.6 Å². The van der Waals surface area contributed by atoms with Crippen LogP contribution in [0, 0.1) is 0 Å². The number of benzene rings is 1. The normalized spacial score (nSPS) is 19.2. The van der Waals surface area contributed by atoms with Crippen LogP contribution in [0.15, 0.2) is 18.2 Å². The molecule has 5 heteroatoms. The molecule has 2 rings (SSSR count). The highest BCUT2D eigenvalue weighted by atomic mass is 16.5. The molecule has 5 nitrogen and oxygen atoms in total. The van der Waals surface area contributed by atoms with E-state index >= 15 is 0 Å². The zero-order valence-corrected chi connectivity index (χ0v) is 9.52. The third-order valence-corrected chi connectivity index (χ3v) is 2.75. The molecule has 1 fully saturated rings. The van der Waals surface area contributed by atoms with Gasteiger partial charge in [-0.15, -0.1) is 0 Å². The van der Waals surface area contributed by atoms with Crippen LogP contribution >= 0.6 is 0 Å². The number of hydrogen-bond donors (Lipinski definition) is 2. The van der Waals surface area contributed by atoms with Gasteiger partial charge in [0.05, 0.1) is 17.4 Å². The van der Waals surface area contributed by atoms with E-state index in [0.717, 1.165) is 19.4 Å². The third kappa shape index (κ3) is 2.68. The first-order valence-corrected chi connectivity index (χ1v) is 5.61. The molecule has 0 radical (unpaired) electrons. The highest BCUT2D eigenvalue weighted by Crippen LogP contribution is 2.27. The molecule has 1 amide bonds. The first kappa shape index (κ1) is 11.7. The molecule has 4 N–H and O–H groups in total. The number of hydrogen-bond acceptors (Lipinski definition) is 4. The van der Waals surface area contributed by atoms with Crippen molar-refractivity contribution in [2.24, 2.45) is 5.73 Å². The Hall–Kier alpha value is -1.75. The molecule has 0 bridgehead atoms. The van der Waals surface area contributed by atoms with Gasteiger partial charge in [0.2, 0.25) is 0 Å². The largest absolute Gasteiger partial charge is 0.488 e. The molecule has 0 spiro atoms. The van der Waals surface area contributed by atoms with E-state index < -0.39 is 5.91 Å². The van der Waals surface area contributed by atoms with Crippen molar-refractivity contribution in [3.63, 3.8) is 0 Å². The van der Waals surface area contributed by atoms with Gasteiger partial charge in [-0.05, 0) is 25.0 Å². The van der Waals surface area contributed by atoms with Crippen LogP contribution in [-0.4, -0.2) is 25.2 Å². The summed E-state index contributed by atoms with van der Waals surface area (Å²) in [5, 5.41) is 0. The van der Waals surface area contributed by atoms with Crippen molar-refractivity contribution in [3.05, 3.63) is 23.8 Å². The van der Waals surface area contributed by atoms with Crippen LogP contribution in [0.4, 0.5) is 5.69 Å². The average molecular weight is 236 g/mol. The maximum absolute atomic E-state index is 11.2. The van der Waals surface area contributed by atoms with Gasteiger partial charge < -0.3 is 20.9 Å². The molecular formula is C12H16N2O3. The molecule has 1 atom stereocenters. The zero-order valence-electron chi connectivity index (χ0n) is 9.52. The van der Waals surface area contributed by atoms with Crippen LogP contribution in [0.5, 0.6) is 5.75 Å². The van der Waals surface area contributed by atoms with E-state index in [-0.39, 0.29) is 6.10 Å². The summed E-state index contributed by atoms with van der Waals surface area (Å²) < 4.78 is 11.0. The Kier molecular flexibility index (Phi) is 3.49. The molecule has 0 saturated carbocycles. The monoisotopic (exact) mass is 236 g/mol. The fourth-order valence-corrected chi connectivity index (χ4v) is 1.86. The van der Waals surface area contributed by atoms with Crippen LogP contribution in [0.3, 0.4) is 0 Å². The smallest absolute Gasteiger partial charge is 0.252 e. The van der Waals surface area contributed by atoms with Crippen LogP contribution in [0.1, 0.15) is 23.2 Å². The molecule has 17 heavy (non-hydrogen) atoms. The summed E-state index contributed by atoms with van der Waals surface area (Å²) >= 11 is 0. The summed E-state index contributed by atoms with van der Waals surface area (Å²) in [5.41, 5.74) is 11.8. The van der Waals surface area contributed by atoms with Crippen molar-refractivity contribution in [1.82, 2.24) is 0 Å². The number of amides is 1. The summed E-state index contributed by atoms with van der Waals surface area (Å²) in [4.78, 5) is 11.2. The molecule has 0 aliphatic carbocycles. The molecule has 1 aliphatic heterocycles. The Bertz CT molecular complexity index is 414. The van der Waals surface area contributed by atoms with Crippen molar-refractivity contribution in [1.29, 1.82) is 0 Å². The van der Waals surface area contributed by atoms with Gasteiger partial charge >= 0.3 is 0 Å². The third-order valence-electron chi connectivity index (χ3n) is 2.75. The maximum atomic E-state index is 11.2. The van der Waals surface area contributed by atoms with Gasteiger partial charge in [-0.1, -0.05) is 6.07 Å². The number of carbonyl (C=O) groups excluding carboxylic acids is 1. The Morgan fingerprint density at radius 1 is 1.53 bits per heavy atom. The number of carbonyl (C=O) groups is 1. The summed E-state index contributed by atoms with van der Waals surface area (Å²) in [6.07, 6.45) is 2.09. The number of anilines is 1. The highest BCUT2D eigenvalue weighted by molar-refractivity contribution is 5.97. The van der Waals surface area contributed by atoms with Crippen molar-refractivity contribution < 1.29 is 14.3 Å². The molecule has 1 heterocycles. The number of rotatable bonds is 4. The molecular weight excluding hydrogens is 220 g/mol. The fraction of sp³-hybridized carbons (Fsp3) is 0.417. The van der Waals surface area contributed by atoms with Gasteiger partial charge in [-0.2, -0.15) is 0 Å². The molecule has 1 unspecified atom stereocenters. The lowest BCUT2D eigenvalue weighted by Crippen LogP contribution is -2.20. The van der Waals surface area contributed by atoms with Crippen molar-refractivity contribution in [2.75, 3.05) is 18.9 Å². The van der Waals surface area contributed by atoms with E-state index in [0.29, 0.717) is 23.6 Å². The van der Waals surface area contributed by atoms with Gasteiger partial charge in [0.25, 0.3) is 5.91 Å². The summed E-state index contributed by atoms with van der Waals surface area (Å²) in [6.45, 7) is 1.16. The lowest BCUT2D eigenvalue weighted by molar-refractivity contribution is 0.0675. The SMILES string of the molecule is NC(=O)c1cccc(N)c1OCC1CCCO1. The summed E-state index contributed by atoms with van der Waals surface area (Å²) in [5.74, 6) is -0.185. The summed E-state index contributed by atoms with van der Waals surface area (Å²) in [6, 6.07) is 4.95. The van der Waals surface area contributed by atoms with Crippen molar-refractivity contribution in [3.8, 4) is 5.75 Å². The van der Waals surface area contributed by atoms with Crippen molar-refractivity contribution >= 4 is 11.6 Å². The van der Waals surface area contributed by atoms with E-state index in [2.05, 4.69) is 0 Å². The van der Waals surface area contributed by atoms with E-state index in [1.807, 2.05) is 0 Å². The number of primary amides is 1. The highest BCUT2D eigenvalue weighted by Gasteiger charge is 2.18. The minimum atomic E-state index is -0.542. The predicted molar refractivity (Wildman–Crippen MR) is 63.8 cm³/mol. The van der Waals surface area contributed by atoms with Gasteiger partial charge in [-0.3, -0.25) is 4.79 Å². The minimum Gasteiger partial charge on any atom is -0.488 e. The first-order valence-electron chi connectivity index (χ1n) is 5.61. The van der Waals surface area contributed by atoms with Gasteiger partial charge in [0.15, 0.2) is 5.75 Å². The first-order chi connectivity index (χ1) is 8.18. The quantitative estimate of drug-likeness (QED) is 0.761. The predicted octanol–water partition coefficient (Wildman–Crippen LogP) is 0.926. The molecule has 1 aromatic carbocycles. The second-order valence-electron chi connectivity index (χ2n) is 4.03. The molecule has 92 valence electrons. The standard InChI is InChI=1S/C12H16N2O3/c13-10-5-1-4-9(12(14)15)11(10)17-7-8-3-2-6-16-8/h1,4-5,8H,2-3,6-7,13H2,(H2,14,15). The van der Waals surface area contributed by atoms with Crippen LogP contribution in [-0.2, 0) is 4.74 Å². The lowest BCUT2D eigenvalue weighted by Gasteiger charge is -2.15. The van der Waals surface area contributed by atoms with Crippen LogP contribution in [0.2, 0.25) is 0 Å². The molecule has 1 aliphatic rings. The van der Waals surface area contributed by atoms with E-state index in [1.165, 1.54) is 0 Å². The lowest BCUT2D eigenvalue weighted by atomic mass is 10.1. The molecule has 0 aromatic heterocycles. The number of nitrogen functional groups attached to an aromatic ring is 1. The molecule has 1 saturated heterocycles. The van der Waals surface area contributed by atoms with Gasteiger partial charge in [0.1, 0.15) is 6.61 Å². The van der Waals surface area contributed by atoms with Crippen molar-refractivity contribution in [2.45, 2.75) is 18.9 Å². The van der Waals surface area contributed by atoms with Crippen LogP contribution < -0.4 is 16.2 Å². The van der Waals surface area contributed by atoms with E-state index in [1.54, 1.807) is 18.2 Å². The molecule has 1 aromatic rings. The maximum Gasteiger partial charge on any atom is 0.252 e. The van der Waals surface area contributed by atoms with Crippen LogP contribution in [0.25, 0.3) is 0 Å². The van der Waals surface area contributed by atoms with Gasteiger partial charge in [0, 0.05) is 6.61 Å². The fourth-order valence-electron chi connectivity index (χ4n) is 1.86. The second-order valence-corrected chi connectivity index (χ2v) is 4.03. The number of nitrogens with two attached hydrogens (primary N) is 2. The Labute approximate surface area is 99.7 Å². The Morgan fingerprint density at radius 3 is 3.00 bits per heavy atom. The number of para-hydroxylation sites is 1.